The lowest BCUT2D eigenvalue weighted by Crippen LogP contribution is -2.20. The Kier molecular flexibility index (Phi) is 8.12. The molecule has 0 unspecified atom stereocenters. The number of ether oxygens (including phenoxy) is 3. The van der Waals surface area contributed by atoms with Crippen LogP contribution in [0.25, 0.3) is 0 Å². The van der Waals surface area contributed by atoms with Crippen molar-refractivity contribution >= 4 is 23.2 Å². The molecule has 0 radical (unpaired) electrons. The van der Waals surface area contributed by atoms with Crippen LogP contribution >= 0.6 is 0 Å². The molecular formula is C20H24N2O5. The van der Waals surface area contributed by atoms with Gasteiger partial charge in [-0.2, -0.15) is 0 Å². The Labute approximate surface area is 158 Å². The van der Waals surface area contributed by atoms with Crippen LogP contribution in [0.5, 0.6) is 11.5 Å². The number of hydrogen-bond acceptors (Lipinski definition) is 5. The van der Waals surface area contributed by atoms with Crippen LogP contribution in [-0.4, -0.2) is 38.7 Å². The fourth-order valence-electron chi connectivity index (χ4n) is 2.20. The highest BCUT2D eigenvalue weighted by atomic mass is 16.5. The van der Waals surface area contributed by atoms with Gasteiger partial charge in [-0.3, -0.25) is 9.59 Å². The largest absolute Gasteiger partial charge is 0.494 e. The Balaban J connectivity index is 1.82. The summed E-state index contributed by atoms with van der Waals surface area (Å²) in [6, 6.07) is 13.9. The molecule has 0 aliphatic heterocycles. The number of anilines is 2. The van der Waals surface area contributed by atoms with Gasteiger partial charge < -0.3 is 24.8 Å². The van der Waals surface area contributed by atoms with E-state index in [0.29, 0.717) is 23.7 Å². The standard InChI is InChI=1S/C20H24N2O5/c1-3-11-26-17-7-9-18(10-8-17)27-14-20(24)22-16-6-4-5-15(12-16)21-19(23)13-25-2/h4-10,12H,3,11,13-14H2,1-2H3,(H,21,23)(H,22,24). The van der Waals surface area contributed by atoms with Crippen molar-refractivity contribution in [3.8, 4) is 11.5 Å². The zero-order chi connectivity index (χ0) is 19.5. The predicted molar refractivity (Wildman–Crippen MR) is 103 cm³/mol. The summed E-state index contributed by atoms with van der Waals surface area (Å²) in [5.74, 6) is 0.771. The van der Waals surface area contributed by atoms with E-state index in [-0.39, 0.29) is 25.0 Å². The number of carbonyl (C=O) groups excluding carboxylic acids is 2. The maximum absolute atomic E-state index is 12.1. The molecule has 2 aromatic carbocycles. The molecule has 0 spiro atoms. The van der Waals surface area contributed by atoms with Crippen molar-refractivity contribution in [2.75, 3.05) is 37.6 Å². The Morgan fingerprint density at radius 2 is 1.41 bits per heavy atom. The molecule has 0 heterocycles. The fourth-order valence-corrected chi connectivity index (χ4v) is 2.20. The van der Waals surface area contributed by atoms with Gasteiger partial charge in [0.2, 0.25) is 5.91 Å². The third-order valence-corrected chi connectivity index (χ3v) is 3.37. The maximum atomic E-state index is 12.1. The summed E-state index contributed by atoms with van der Waals surface area (Å²) >= 11 is 0. The van der Waals surface area contributed by atoms with Crippen molar-refractivity contribution in [3.63, 3.8) is 0 Å². The maximum Gasteiger partial charge on any atom is 0.262 e. The van der Waals surface area contributed by atoms with E-state index in [1.165, 1.54) is 7.11 Å². The van der Waals surface area contributed by atoms with E-state index in [1.54, 1.807) is 48.5 Å². The van der Waals surface area contributed by atoms with Gasteiger partial charge in [0.1, 0.15) is 18.1 Å². The van der Waals surface area contributed by atoms with Crippen LogP contribution in [0, 0.1) is 0 Å². The molecule has 7 nitrogen and oxygen atoms in total. The quantitative estimate of drug-likeness (QED) is 0.669. The van der Waals surface area contributed by atoms with Crippen molar-refractivity contribution in [2.45, 2.75) is 13.3 Å². The fraction of sp³-hybridized carbons (Fsp3) is 0.300. The second-order valence-electron chi connectivity index (χ2n) is 5.72. The summed E-state index contributed by atoms with van der Waals surface area (Å²) in [5, 5.41) is 5.40. The van der Waals surface area contributed by atoms with Crippen molar-refractivity contribution < 1.29 is 23.8 Å². The van der Waals surface area contributed by atoms with Crippen molar-refractivity contribution in [1.82, 2.24) is 0 Å². The highest BCUT2D eigenvalue weighted by molar-refractivity contribution is 5.95. The lowest BCUT2D eigenvalue weighted by molar-refractivity contribution is -0.119. The smallest absolute Gasteiger partial charge is 0.262 e. The Hall–Kier alpha value is -3.06. The summed E-state index contributed by atoms with van der Waals surface area (Å²) in [7, 11) is 1.45. The zero-order valence-corrected chi connectivity index (χ0v) is 15.5. The second kappa shape index (κ2) is 10.8. The van der Waals surface area contributed by atoms with Gasteiger partial charge in [-0.1, -0.05) is 13.0 Å². The number of carbonyl (C=O) groups is 2. The molecule has 0 aliphatic carbocycles. The normalized spacial score (nSPS) is 10.1. The summed E-state index contributed by atoms with van der Waals surface area (Å²) in [5.41, 5.74) is 1.13. The first-order valence-corrected chi connectivity index (χ1v) is 8.65. The summed E-state index contributed by atoms with van der Waals surface area (Å²) < 4.78 is 15.7. The summed E-state index contributed by atoms with van der Waals surface area (Å²) in [4.78, 5) is 23.6. The molecule has 0 saturated heterocycles. The first kappa shape index (κ1) is 20.3. The number of benzene rings is 2. The van der Waals surface area contributed by atoms with Gasteiger partial charge in [-0.05, 0) is 48.9 Å². The van der Waals surface area contributed by atoms with Crippen LogP contribution < -0.4 is 20.1 Å². The Bertz CT molecular complexity index is 746. The number of methoxy groups -OCH3 is 1. The van der Waals surface area contributed by atoms with Gasteiger partial charge in [0.25, 0.3) is 5.91 Å². The molecule has 2 rings (SSSR count). The zero-order valence-electron chi connectivity index (χ0n) is 15.5. The number of rotatable bonds is 10. The Morgan fingerprint density at radius 1 is 0.852 bits per heavy atom. The highest BCUT2D eigenvalue weighted by Gasteiger charge is 2.06. The van der Waals surface area contributed by atoms with Gasteiger partial charge in [0, 0.05) is 18.5 Å². The van der Waals surface area contributed by atoms with Crippen LogP contribution in [0.4, 0.5) is 11.4 Å². The molecule has 0 bridgehead atoms. The van der Waals surface area contributed by atoms with E-state index in [0.717, 1.165) is 12.2 Å². The van der Waals surface area contributed by atoms with Gasteiger partial charge in [0.15, 0.2) is 6.61 Å². The summed E-state index contributed by atoms with van der Waals surface area (Å²) in [6.07, 6.45) is 0.940. The van der Waals surface area contributed by atoms with E-state index in [9.17, 15) is 9.59 Å². The molecule has 0 fully saturated rings. The van der Waals surface area contributed by atoms with Crippen LogP contribution in [0.1, 0.15) is 13.3 Å². The van der Waals surface area contributed by atoms with E-state index in [4.69, 9.17) is 14.2 Å². The van der Waals surface area contributed by atoms with Gasteiger partial charge in [-0.15, -0.1) is 0 Å². The molecule has 2 amide bonds. The molecule has 2 N–H and O–H groups in total. The SMILES string of the molecule is CCCOc1ccc(OCC(=O)Nc2cccc(NC(=O)COC)c2)cc1. The van der Waals surface area contributed by atoms with Gasteiger partial charge >= 0.3 is 0 Å². The molecule has 7 heteroatoms. The van der Waals surface area contributed by atoms with E-state index in [2.05, 4.69) is 10.6 Å². The lowest BCUT2D eigenvalue weighted by atomic mass is 10.2. The summed E-state index contributed by atoms with van der Waals surface area (Å²) in [6.45, 7) is 2.54. The van der Waals surface area contributed by atoms with Gasteiger partial charge in [0.05, 0.1) is 6.61 Å². The lowest BCUT2D eigenvalue weighted by Gasteiger charge is -2.10. The minimum absolute atomic E-state index is 0.0350. The highest BCUT2D eigenvalue weighted by Crippen LogP contribution is 2.18. The molecule has 2 aromatic rings. The van der Waals surface area contributed by atoms with Crippen LogP contribution in [0.2, 0.25) is 0 Å². The van der Waals surface area contributed by atoms with E-state index < -0.39 is 0 Å². The van der Waals surface area contributed by atoms with Crippen LogP contribution in [0.15, 0.2) is 48.5 Å². The molecule has 0 atom stereocenters. The van der Waals surface area contributed by atoms with Crippen molar-refractivity contribution in [3.05, 3.63) is 48.5 Å². The third kappa shape index (κ3) is 7.37. The average molecular weight is 372 g/mol. The number of nitrogens with one attached hydrogen (secondary N) is 2. The topological polar surface area (TPSA) is 85.9 Å². The van der Waals surface area contributed by atoms with Crippen LogP contribution in [0.3, 0.4) is 0 Å². The molecule has 0 saturated carbocycles. The minimum atomic E-state index is -0.304. The molecule has 144 valence electrons. The number of hydrogen-bond donors (Lipinski definition) is 2. The number of amides is 2. The first-order chi connectivity index (χ1) is 13.1. The third-order valence-electron chi connectivity index (χ3n) is 3.37. The van der Waals surface area contributed by atoms with Crippen molar-refractivity contribution in [1.29, 1.82) is 0 Å². The predicted octanol–water partition coefficient (Wildman–Crippen LogP) is 3.08. The minimum Gasteiger partial charge on any atom is -0.494 e. The van der Waals surface area contributed by atoms with Crippen molar-refractivity contribution in [2.24, 2.45) is 0 Å². The second-order valence-corrected chi connectivity index (χ2v) is 5.72. The average Bonchev–Trinajstić information content (AvgIpc) is 2.66. The van der Waals surface area contributed by atoms with Gasteiger partial charge in [-0.25, -0.2) is 0 Å². The first-order valence-electron chi connectivity index (χ1n) is 8.65. The molecule has 27 heavy (non-hydrogen) atoms. The Morgan fingerprint density at radius 3 is 1.96 bits per heavy atom. The molecule has 0 aromatic heterocycles. The monoisotopic (exact) mass is 372 g/mol. The van der Waals surface area contributed by atoms with Crippen LogP contribution in [-0.2, 0) is 14.3 Å². The van der Waals surface area contributed by atoms with E-state index >= 15 is 0 Å². The van der Waals surface area contributed by atoms with E-state index in [1.807, 2.05) is 6.92 Å². The molecular weight excluding hydrogens is 348 g/mol. The molecule has 0 aliphatic rings.